The van der Waals surface area contributed by atoms with E-state index in [-0.39, 0.29) is 0 Å². The van der Waals surface area contributed by atoms with Gasteiger partial charge in [0.05, 0.1) is 6.20 Å². The van der Waals surface area contributed by atoms with Crippen LogP contribution in [0.3, 0.4) is 0 Å². The van der Waals surface area contributed by atoms with Crippen LogP contribution in [0.1, 0.15) is 18.9 Å². The summed E-state index contributed by atoms with van der Waals surface area (Å²) in [6.07, 6.45) is 6.63. The van der Waals surface area contributed by atoms with Crippen molar-refractivity contribution in [3.63, 3.8) is 0 Å². The maximum atomic E-state index is 10.8. The van der Waals surface area contributed by atoms with Gasteiger partial charge in [-0.25, -0.2) is 0 Å². The third-order valence-electron chi connectivity index (χ3n) is 2.13. The fourth-order valence-corrected chi connectivity index (χ4v) is 1.85. The Hall–Kier alpha value is -0.680. The summed E-state index contributed by atoms with van der Waals surface area (Å²) in [5.74, 6) is 0.779. The number of hydrogen-bond donors (Lipinski definition) is 1. The van der Waals surface area contributed by atoms with Crippen LogP contribution in [0.2, 0.25) is 0 Å². The van der Waals surface area contributed by atoms with Gasteiger partial charge in [-0.05, 0) is 19.9 Å². The summed E-state index contributed by atoms with van der Waals surface area (Å²) in [5, 5.41) is 7.50. The normalized spacial score (nSPS) is 12.9. The highest BCUT2D eigenvalue weighted by Gasteiger charge is 1.96. The van der Waals surface area contributed by atoms with Gasteiger partial charge in [0.15, 0.2) is 0 Å². The van der Waals surface area contributed by atoms with Crippen LogP contribution in [0.4, 0.5) is 0 Å². The lowest BCUT2D eigenvalue weighted by molar-refractivity contribution is 0.651. The zero-order chi connectivity index (χ0) is 11.1. The molecule has 1 aromatic rings. The minimum Gasteiger partial charge on any atom is -0.313 e. The van der Waals surface area contributed by atoms with Gasteiger partial charge < -0.3 is 5.32 Å². The van der Waals surface area contributed by atoms with Gasteiger partial charge >= 0.3 is 0 Å². The van der Waals surface area contributed by atoms with Crippen LogP contribution in [0.25, 0.3) is 0 Å². The number of aromatic nitrogens is 2. The van der Waals surface area contributed by atoms with Crippen molar-refractivity contribution in [2.24, 2.45) is 0 Å². The fourth-order valence-electron chi connectivity index (χ4n) is 1.30. The predicted octanol–water partition coefficient (Wildman–Crippen LogP) is 0.761. The molecule has 0 spiro atoms. The molecule has 0 saturated heterocycles. The second-order valence-corrected chi connectivity index (χ2v) is 5.07. The van der Waals surface area contributed by atoms with Crippen molar-refractivity contribution in [2.45, 2.75) is 26.4 Å². The summed E-state index contributed by atoms with van der Waals surface area (Å²) in [6.45, 7) is 4.74. The summed E-state index contributed by atoms with van der Waals surface area (Å²) >= 11 is 0. The number of rotatable bonds is 7. The van der Waals surface area contributed by atoms with Gasteiger partial charge in [0.25, 0.3) is 0 Å². The first-order valence-electron chi connectivity index (χ1n) is 5.24. The minimum absolute atomic E-state index is 0.667. The summed E-state index contributed by atoms with van der Waals surface area (Å²) in [7, 11) is -0.667. The highest BCUT2D eigenvalue weighted by atomic mass is 32.2. The van der Waals surface area contributed by atoms with Gasteiger partial charge in [0.2, 0.25) is 0 Å². The first-order chi connectivity index (χ1) is 7.22. The summed E-state index contributed by atoms with van der Waals surface area (Å²) < 4.78 is 12.7. The van der Waals surface area contributed by atoms with Crippen LogP contribution in [-0.4, -0.2) is 32.5 Å². The zero-order valence-corrected chi connectivity index (χ0v) is 10.2. The SMILES string of the molecule is CCn1cc(CNCCCS(C)=O)cn1. The van der Waals surface area contributed by atoms with Crippen LogP contribution >= 0.6 is 0 Å². The van der Waals surface area contributed by atoms with Gasteiger partial charge in [-0.15, -0.1) is 0 Å². The monoisotopic (exact) mass is 229 g/mol. The van der Waals surface area contributed by atoms with E-state index in [0.717, 1.165) is 31.8 Å². The fraction of sp³-hybridized carbons (Fsp3) is 0.700. The quantitative estimate of drug-likeness (QED) is 0.702. The molecular formula is C10H19N3OS. The van der Waals surface area contributed by atoms with Crippen molar-refractivity contribution in [2.75, 3.05) is 18.6 Å². The molecule has 5 heteroatoms. The number of hydrogen-bond acceptors (Lipinski definition) is 3. The molecule has 15 heavy (non-hydrogen) atoms. The van der Waals surface area contributed by atoms with E-state index in [2.05, 4.69) is 17.3 Å². The molecule has 1 aromatic heterocycles. The summed E-state index contributed by atoms with van der Waals surface area (Å²) in [4.78, 5) is 0. The highest BCUT2D eigenvalue weighted by Crippen LogP contribution is 1.96. The van der Waals surface area contributed by atoms with Crippen molar-refractivity contribution in [1.82, 2.24) is 15.1 Å². The molecule has 0 aliphatic heterocycles. The van der Waals surface area contributed by atoms with Crippen molar-refractivity contribution in [3.8, 4) is 0 Å². The molecule has 0 aromatic carbocycles. The number of nitrogens with one attached hydrogen (secondary N) is 1. The second-order valence-electron chi connectivity index (χ2n) is 3.51. The maximum Gasteiger partial charge on any atom is 0.0534 e. The smallest absolute Gasteiger partial charge is 0.0534 e. The number of nitrogens with zero attached hydrogens (tertiary/aromatic N) is 2. The Labute approximate surface area is 93.5 Å². The van der Waals surface area contributed by atoms with Crippen molar-refractivity contribution >= 4 is 10.8 Å². The average Bonchev–Trinajstić information content (AvgIpc) is 2.65. The van der Waals surface area contributed by atoms with Crippen LogP contribution in [0, 0.1) is 0 Å². The van der Waals surface area contributed by atoms with Crippen LogP contribution in [0.15, 0.2) is 12.4 Å². The largest absolute Gasteiger partial charge is 0.313 e. The van der Waals surface area contributed by atoms with E-state index < -0.39 is 10.8 Å². The standard InChI is InChI=1S/C10H19N3OS/c1-3-13-9-10(8-12-13)7-11-5-4-6-15(2)14/h8-9,11H,3-7H2,1-2H3. The lowest BCUT2D eigenvalue weighted by Gasteiger charge is -2.01. The maximum absolute atomic E-state index is 10.8. The van der Waals surface area contributed by atoms with E-state index in [1.54, 1.807) is 6.26 Å². The molecule has 86 valence electrons. The molecule has 0 fully saturated rings. The van der Waals surface area contributed by atoms with Gasteiger partial charge in [-0.2, -0.15) is 5.10 Å². The van der Waals surface area contributed by atoms with Crippen LogP contribution in [-0.2, 0) is 23.9 Å². The first kappa shape index (κ1) is 12.4. The third kappa shape index (κ3) is 5.09. The van der Waals surface area contributed by atoms with Gasteiger partial charge in [0.1, 0.15) is 0 Å². The van der Waals surface area contributed by atoms with E-state index in [4.69, 9.17) is 0 Å². The molecule has 1 rings (SSSR count). The molecule has 0 bridgehead atoms. The molecule has 1 heterocycles. The molecule has 1 unspecified atom stereocenters. The molecule has 0 aliphatic rings. The molecule has 0 radical (unpaired) electrons. The Kier molecular flexibility index (Phi) is 5.57. The molecular weight excluding hydrogens is 210 g/mol. The zero-order valence-electron chi connectivity index (χ0n) is 9.40. The Morgan fingerprint density at radius 1 is 1.60 bits per heavy atom. The topological polar surface area (TPSA) is 46.9 Å². The Morgan fingerprint density at radius 3 is 3.00 bits per heavy atom. The lowest BCUT2D eigenvalue weighted by atomic mass is 10.3. The van der Waals surface area contributed by atoms with E-state index in [1.165, 1.54) is 5.56 Å². The van der Waals surface area contributed by atoms with E-state index in [0.29, 0.717) is 0 Å². The lowest BCUT2D eigenvalue weighted by Crippen LogP contribution is -2.16. The van der Waals surface area contributed by atoms with E-state index in [9.17, 15) is 4.21 Å². The molecule has 0 saturated carbocycles. The van der Waals surface area contributed by atoms with Gasteiger partial charge in [0, 0.05) is 47.7 Å². The Morgan fingerprint density at radius 2 is 2.40 bits per heavy atom. The van der Waals surface area contributed by atoms with E-state index >= 15 is 0 Å². The van der Waals surface area contributed by atoms with Crippen molar-refractivity contribution < 1.29 is 4.21 Å². The molecule has 4 nitrogen and oxygen atoms in total. The Balaban J connectivity index is 2.12. The van der Waals surface area contributed by atoms with E-state index in [1.807, 2.05) is 17.1 Å². The van der Waals surface area contributed by atoms with Crippen LogP contribution < -0.4 is 5.32 Å². The molecule has 0 aliphatic carbocycles. The second kappa shape index (κ2) is 6.74. The average molecular weight is 229 g/mol. The molecule has 0 amide bonds. The summed E-state index contributed by atoms with van der Waals surface area (Å²) in [6, 6.07) is 0. The third-order valence-corrected chi connectivity index (χ3v) is 2.99. The summed E-state index contributed by atoms with van der Waals surface area (Å²) in [5.41, 5.74) is 1.20. The first-order valence-corrected chi connectivity index (χ1v) is 6.97. The van der Waals surface area contributed by atoms with Gasteiger partial charge in [-0.3, -0.25) is 8.89 Å². The molecule has 1 atom stereocenters. The molecule has 1 N–H and O–H groups in total. The van der Waals surface area contributed by atoms with Gasteiger partial charge in [-0.1, -0.05) is 0 Å². The highest BCUT2D eigenvalue weighted by molar-refractivity contribution is 7.84. The minimum atomic E-state index is -0.667. The Bertz CT molecular complexity index is 311. The predicted molar refractivity (Wildman–Crippen MR) is 63.2 cm³/mol. The van der Waals surface area contributed by atoms with Crippen molar-refractivity contribution in [3.05, 3.63) is 18.0 Å². The number of aryl methyl sites for hydroxylation is 1. The van der Waals surface area contributed by atoms with Crippen LogP contribution in [0.5, 0.6) is 0 Å². The van der Waals surface area contributed by atoms with Crippen molar-refractivity contribution in [1.29, 1.82) is 0 Å².